The minimum absolute atomic E-state index is 0.149. The number of nitrogens with one attached hydrogen (secondary N) is 1. The van der Waals surface area contributed by atoms with Crippen molar-refractivity contribution in [2.75, 3.05) is 19.0 Å². The smallest absolute Gasteiger partial charge is 0.336 e. The van der Waals surface area contributed by atoms with E-state index >= 15 is 0 Å². The van der Waals surface area contributed by atoms with Crippen molar-refractivity contribution < 1.29 is 14.6 Å². The zero-order chi connectivity index (χ0) is 10.4. The molecule has 0 radical (unpaired) electrons. The average molecular weight is 195 g/mol. The van der Waals surface area contributed by atoms with E-state index in [1.807, 2.05) is 30.3 Å². The Morgan fingerprint density at radius 2 is 2.14 bits per heavy atom. The molecule has 0 aromatic heterocycles. The molecule has 0 amide bonds. The van der Waals surface area contributed by atoms with Gasteiger partial charge in [0.05, 0.1) is 13.7 Å². The third-order valence-corrected chi connectivity index (χ3v) is 1.75. The average Bonchev–Trinajstić information content (AvgIpc) is 2.26. The molecule has 0 aliphatic rings. The number of anilines is 1. The molecule has 1 aromatic carbocycles. The molecule has 0 spiro atoms. The Hall–Kier alpha value is -1.55. The van der Waals surface area contributed by atoms with Crippen molar-refractivity contribution in [3.63, 3.8) is 0 Å². The number of hydrogen-bond acceptors (Lipinski definition) is 4. The summed E-state index contributed by atoms with van der Waals surface area (Å²) in [5.41, 5.74) is 0.857. The van der Waals surface area contributed by atoms with Crippen LogP contribution < -0.4 is 5.32 Å². The van der Waals surface area contributed by atoms with Crippen LogP contribution in [0.3, 0.4) is 0 Å². The summed E-state index contributed by atoms with van der Waals surface area (Å²) >= 11 is 0. The Bertz CT molecular complexity index is 287. The SMILES string of the molecule is COC(=O)[C@H](O)CNc1ccccc1. The highest BCUT2D eigenvalue weighted by Crippen LogP contribution is 2.04. The molecule has 14 heavy (non-hydrogen) atoms. The lowest BCUT2D eigenvalue weighted by Crippen LogP contribution is -2.29. The molecular formula is C10H13NO3. The first-order valence-electron chi connectivity index (χ1n) is 4.29. The van der Waals surface area contributed by atoms with E-state index in [2.05, 4.69) is 10.1 Å². The first-order chi connectivity index (χ1) is 6.74. The van der Waals surface area contributed by atoms with Crippen LogP contribution in [-0.2, 0) is 9.53 Å². The second-order valence-electron chi connectivity index (χ2n) is 2.79. The van der Waals surface area contributed by atoms with Gasteiger partial charge in [-0.3, -0.25) is 0 Å². The van der Waals surface area contributed by atoms with Crippen LogP contribution >= 0.6 is 0 Å². The maximum atomic E-state index is 10.8. The summed E-state index contributed by atoms with van der Waals surface area (Å²) in [5.74, 6) is -0.631. The monoisotopic (exact) mass is 195 g/mol. The summed E-state index contributed by atoms with van der Waals surface area (Å²) in [4.78, 5) is 10.8. The fraction of sp³-hybridized carbons (Fsp3) is 0.300. The molecule has 1 atom stereocenters. The van der Waals surface area contributed by atoms with E-state index in [4.69, 9.17) is 0 Å². The largest absolute Gasteiger partial charge is 0.467 e. The summed E-state index contributed by atoms with van der Waals surface area (Å²) < 4.78 is 4.37. The fourth-order valence-electron chi connectivity index (χ4n) is 0.990. The molecule has 1 rings (SSSR count). The standard InChI is InChI=1S/C10H13NO3/c1-14-10(13)9(12)7-11-8-5-3-2-4-6-8/h2-6,9,11-12H,7H2,1H3/t9-/m1/s1. The van der Waals surface area contributed by atoms with Crippen LogP contribution in [0.5, 0.6) is 0 Å². The summed E-state index contributed by atoms with van der Waals surface area (Å²) in [7, 11) is 1.24. The Kier molecular flexibility index (Phi) is 3.94. The van der Waals surface area contributed by atoms with E-state index in [1.165, 1.54) is 7.11 Å². The molecule has 0 bridgehead atoms. The number of carbonyl (C=O) groups excluding carboxylic acids is 1. The van der Waals surface area contributed by atoms with Crippen LogP contribution in [0, 0.1) is 0 Å². The summed E-state index contributed by atoms with van der Waals surface area (Å²) in [6.45, 7) is 0.149. The van der Waals surface area contributed by atoms with Gasteiger partial charge < -0.3 is 15.2 Å². The van der Waals surface area contributed by atoms with Gasteiger partial charge >= 0.3 is 5.97 Å². The normalized spacial score (nSPS) is 11.9. The van der Waals surface area contributed by atoms with E-state index in [9.17, 15) is 9.90 Å². The van der Waals surface area contributed by atoms with Crippen LogP contribution in [0.1, 0.15) is 0 Å². The van der Waals surface area contributed by atoms with Crippen molar-refractivity contribution in [3.8, 4) is 0 Å². The third-order valence-electron chi connectivity index (χ3n) is 1.75. The number of aliphatic hydroxyl groups excluding tert-OH is 1. The number of para-hydroxylation sites is 1. The molecule has 0 heterocycles. The van der Waals surface area contributed by atoms with Crippen LogP contribution in [0.25, 0.3) is 0 Å². The van der Waals surface area contributed by atoms with Crippen LogP contribution in [0.15, 0.2) is 30.3 Å². The number of carbonyl (C=O) groups is 1. The van der Waals surface area contributed by atoms with E-state index in [-0.39, 0.29) is 6.54 Å². The summed E-state index contributed by atoms with van der Waals surface area (Å²) in [5, 5.41) is 12.2. The van der Waals surface area contributed by atoms with Crippen LogP contribution in [0.4, 0.5) is 5.69 Å². The second-order valence-corrected chi connectivity index (χ2v) is 2.79. The molecule has 0 saturated heterocycles. The fourth-order valence-corrected chi connectivity index (χ4v) is 0.990. The molecule has 0 aliphatic carbocycles. The zero-order valence-corrected chi connectivity index (χ0v) is 7.93. The minimum Gasteiger partial charge on any atom is -0.467 e. The Morgan fingerprint density at radius 1 is 1.50 bits per heavy atom. The number of esters is 1. The molecule has 2 N–H and O–H groups in total. The number of ether oxygens (including phenoxy) is 1. The Balaban J connectivity index is 2.38. The highest BCUT2D eigenvalue weighted by atomic mass is 16.5. The quantitative estimate of drug-likeness (QED) is 0.692. The molecule has 0 fully saturated rings. The molecule has 0 aliphatic heterocycles. The van der Waals surface area contributed by atoms with E-state index in [1.54, 1.807) is 0 Å². The van der Waals surface area contributed by atoms with E-state index in [0.717, 1.165) is 5.69 Å². The van der Waals surface area contributed by atoms with Gasteiger partial charge in [-0.25, -0.2) is 4.79 Å². The van der Waals surface area contributed by atoms with Crippen molar-refractivity contribution in [2.24, 2.45) is 0 Å². The van der Waals surface area contributed by atoms with Gasteiger partial charge in [0.1, 0.15) is 0 Å². The van der Waals surface area contributed by atoms with E-state index < -0.39 is 12.1 Å². The van der Waals surface area contributed by atoms with Gasteiger partial charge in [-0.2, -0.15) is 0 Å². The zero-order valence-electron chi connectivity index (χ0n) is 7.93. The van der Waals surface area contributed by atoms with Gasteiger partial charge in [0, 0.05) is 5.69 Å². The van der Waals surface area contributed by atoms with Crippen molar-refractivity contribution in [3.05, 3.63) is 30.3 Å². The van der Waals surface area contributed by atoms with Crippen LogP contribution in [0.2, 0.25) is 0 Å². The Labute approximate surface area is 82.5 Å². The maximum Gasteiger partial charge on any atom is 0.336 e. The number of aliphatic hydroxyl groups is 1. The summed E-state index contributed by atoms with van der Waals surface area (Å²) in [6.07, 6.45) is -1.12. The van der Waals surface area contributed by atoms with Crippen molar-refractivity contribution >= 4 is 11.7 Å². The number of methoxy groups -OCH3 is 1. The molecule has 76 valence electrons. The first kappa shape index (κ1) is 10.5. The first-order valence-corrected chi connectivity index (χ1v) is 4.29. The van der Waals surface area contributed by atoms with Gasteiger partial charge in [-0.05, 0) is 12.1 Å². The van der Waals surface area contributed by atoms with Crippen molar-refractivity contribution in [2.45, 2.75) is 6.10 Å². The van der Waals surface area contributed by atoms with Crippen LogP contribution in [-0.4, -0.2) is 30.8 Å². The maximum absolute atomic E-state index is 10.8. The summed E-state index contributed by atoms with van der Waals surface area (Å²) in [6, 6.07) is 9.33. The van der Waals surface area contributed by atoms with Crippen molar-refractivity contribution in [1.29, 1.82) is 0 Å². The van der Waals surface area contributed by atoms with Gasteiger partial charge in [0.2, 0.25) is 0 Å². The van der Waals surface area contributed by atoms with Gasteiger partial charge in [0.15, 0.2) is 6.10 Å². The second kappa shape index (κ2) is 5.24. The number of hydrogen-bond donors (Lipinski definition) is 2. The highest BCUT2D eigenvalue weighted by Gasteiger charge is 2.14. The molecule has 1 aromatic rings. The molecule has 0 unspecified atom stereocenters. The molecular weight excluding hydrogens is 182 g/mol. The van der Waals surface area contributed by atoms with Crippen molar-refractivity contribution in [1.82, 2.24) is 0 Å². The van der Waals surface area contributed by atoms with Gasteiger partial charge in [-0.1, -0.05) is 18.2 Å². The third kappa shape index (κ3) is 3.06. The highest BCUT2D eigenvalue weighted by molar-refractivity contribution is 5.74. The van der Waals surface area contributed by atoms with Gasteiger partial charge in [-0.15, -0.1) is 0 Å². The lowest BCUT2D eigenvalue weighted by molar-refractivity contribution is -0.149. The Morgan fingerprint density at radius 3 is 2.71 bits per heavy atom. The van der Waals surface area contributed by atoms with Gasteiger partial charge in [0.25, 0.3) is 0 Å². The predicted molar refractivity (Wildman–Crippen MR) is 53.0 cm³/mol. The topological polar surface area (TPSA) is 58.6 Å². The molecule has 4 heteroatoms. The lowest BCUT2D eigenvalue weighted by Gasteiger charge is -2.10. The lowest BCUT2D eigenvalue weighted by atomic mass is 10.3. The van der Waals surface area contributed by atoms with E-state index in [0.29, 0.717) is 0 Å². The predicted octanol–water partition coefficient (Wildman–Crippen LogP) is 0.632. The molecule has 4 nitrogen and oxygen atoms in total. The molecule has 0 saturated carbocycles. The number of rotatable bonds is 4. The number of benzene rings is 1. The minimum atomic E-state index is -1.12.